The van der Waals surface area contributed by atoms with Crippen LogP contribution in [-0.2, 0) is 0 Å². The van der Waals surface area contributed by atoms with Crippen LogP contribution in [0.3, 0.4) is 0 Å². The van der Waals surface area contributed by atoms with Gasteiger partial charge in [0, 0.05) is 0 Å². The van der Waals surface area contributed by atoms with Gasteiger partial charge in [-0.15, -0.1) is 0 Å². The van der Waals surface area contributed by atoms with E-state index in [0.717, 1.165) is 6.92 Å². The number of hydrogen-bond donors (Lipinski definition) is 0. The van der Waals surface area contributed by atoms with E-state index in [1.807, 2.05) is 0 Å². The van der Waals surface area contributed by atoms with E-state index < -0.39 is 19.5 Å². The van der Waals surface area contributed by atoms with E-state index in [1.54, 1.807) is 0 Å². The van der Waals surface area contributed by atoms with Crippen LogP contribution in [0.4, 0.5) is 22.0 Å². The van der Waals surface area contributed by atoms with Crippen molar-refractivity contribution in [2.75, 3.05) is 6.67 Å². The zero-order valence-corrected chi connectivity index (χ0v) is 4.75. The fourth-order valence-corrected chi connectivity index (χ4v) is 0. The summed E-state index contributed by atoms with van der Waals surface area (Å²) in [6.07, 6.45) is -4.95. The number of halogens is 5. The quantitative estimate of drug-likeness (QED) is 0.504. The summed E-state index contributed by atoms with van der Waals surface area (Å²) in [6.45, 7) is -0.694. The van der Waals surface area contributed by atoms with Crippen molar-refractivity contribution in [1.82, 2.24) is 0 Å². The molecule has 0 aromatic heterocycles. The Labute approximate surface area is 49.7 Å². The molecule has 0 unspecified atom stereocenters. The maximum Gasteiger partial charge on any atom is 0.266 e. The molecular weight excluding hydrogens is 143 g/mol. The molecule has 0 aliphatic rings. The van der Waals surface area contributed by atoms with E-state index in [2.05, 4.69) is 0 Å². The standard InChI is InChI=1S/C2H3F3.C2H4F2/c3-1-2(4)5;1-2(3)4/h2H,1H2;2H,1H3. The third-order valence-corrected chi connectivity index (χ3v) is 0.117. The van der Waals surface area contributed by atoms with E-state index in [-0.39, 0.29) is 0 Å². The lowest BCUT2D eigenvalue weighted by Gasteiger charge is -1.78. The molecule has 0 rings (SSSR count). The van der Waals surface area contributed by atoms with Crippen molar-refractivity contribution in [2.24, 2.45) is 0 Å². The number of rotatable bonds is 1. The Morgan fingerprint density at radius 3 is 1.22 bits per heavy atom. The van der Waals surface area contributed by atoms with Crippen molar-refractivity contribution >= 4 is 0 Å². The molecule has 0 amide bonds. The molecule has 0 aliphatic heterocycles. The van der Waals surface area contributed by atoms with Crippen molar-refractivity contribution in [1.29, 1.82) is 0 Å². The highest BCUT2D eigenvalue weighted by molar-refractivity contribution is 4.23. The SMILES string of the molecule is CC(F)F.FCC(F)F. The van der Waals surface area contributed by atoms with Crippen molar-refractivity contribution in [3.8, 4) is 0 Å². The summed E-state index contributed by atoms with van der Waals surface area (Å²) in [5.74, 6) is 0. The summed E-state index contributed by atoms with van der Waals surface area (Å²) in [6, 6.07) is 0. The average Bonchev–Trinajstić information content (AvgIpc) is 1.65. The molecule has 0 saturated heterocycles. The zero-order chi connectivity index (χ0) is 7.86. The highest BCUT2D eigenvalue weighted by atomic mass is 19.3. The second-order valence-corrected chi connectivity index (χ2v) is 1.06. The Kier molecular flexibility index (Phi) is 9.73. The van der Waals surface area contributed by atoms with Gasteiger partial charge in [0.15, 0.2) is 6.67 Å². The maximum absolute atomic E-state index is 10.4. The first-order chi connectivity index (χ1) is 4.00. The molecule has 0 N–H and O–H groups in total. The Bertz CT molecular complexity index is 41.5. The molecule has 0 spiro atoms. The maximum atomic E-state index is 10.4. The van der Waals surface area contributed by atoms with Gasteiger partial charge in [0.05, 0.1) is 0 Å². The molecule has 0 fully saturated rings. The van der Waals surface area contributed by atoms with Crippen LogP contribution in [0, 0.1) is 0 Å². The summed E-state index contributed by atoms with van der Waals surface area (Å²) in [4.78, 5) is 0. The normalized spacial score (nSPS) is 9.33. The van der Waals surface area contributed by atoms with E-state index in [1.165, 1.54) is 0 Å². The molecule has 0 bridgehead atoms. The fraction of sp³-hybridized carbons (Fsp3) is 1.00. The average molecular weight is 150 g/mol. The van der Waals surface area contributed by atoms with Crippen molar-refractivity contribution in [3.05, 3.63) is 0 Å². The molecule has 0 saturated carbocycles. The minimum Gasteiger partial charge on any atom is -0.245 e. The summed E-state index contributed by atoms with van der Waals surface area (Å²) < 4.78 is 51.8. The molecule has 0 heterocycles. The Morgan fingerprint density at radius 2 is 1.22 bits per heavy atom. The van der Waals surface area contributed by atoms with Gasteiger partial charge in [-0.05, 0) is 6.92 Å². The summed E-state index contributed by atoms with van der Waals surface area (Å²) in [5.41, 5.74) is 0. The zero-order valence-electron chi connectivity index (χ0n) is 4.75. The number of alkyl halides is 5. The van der Waals surface area contributed by atoms with Crippen LogP contribution in [-0.4, -0.2) is 19.5 Å². The minimum atomic E-state index is -2.78. The largest absolute Gasteiger partial charge is 0.266 e. The lowest BCUT2D eigenvalue weighted by Crippen LogP contribution is -1.88. The van der Waals surface area contributed by atoms with E-state index >= 15 is 0 Å². The first-order valence-electron chi connectivity index (χ1n) is 2.13. The van der Waals surface area contributed by atoms with Gasteiger partial charge >= 0.3 is 0 Å². The lowest BCUT2D eigenvalue weighted by atomic mass is 10.8. The van der Waals surface area contributed by atoms with E-state index in [4.69, 9.17) is 0 Å². The smallest absolute Gasteiger partial charge is 0.245 e. The third-order valence-electron chi connectivity index (χ3n) is 0.117. The summed E-state index contributed by atoms with van der Waals surface area (Å²) in [5, 5.41) is 0. The Balaban J connectivity index is 0. The minimum absolute atomic E-state index is 0.833. The molecule has 9 heavy (non-hydrogen) atoms. The van der Waals surface area contributed by atoms with Crippen LogP contribution >= 0.6 is 0 Å². The van der Waals surface area contributed by atoms with Crippen LogP contribution < -0.4 is 0 Å². The molecule has 58 valence electrons. The Morgan fingerprint density at radius 1 is 1.11 bits per heavy atom. The molecule has 0 aromatic rings. The van der Waals surface area contributed by atoms with E-state index in [9.17, 15) is 22.0 Å². The predicted octanol–water partition coefficient (Wildman–Crippen LogP) is 2.49. The second kappa shape index (κ2) is 7.65. The van der Waals surface area contributed by atoms with Crippen LogP contribution in [0.15, 0.2) is 0 Å². The topological polar surface area (TPSA) is 0 Å². The van der Waals surface area contributed by atoms with Crippen LogP contribution in [0.25, 0.3) is 0 Å². The monoisotopic (exact) mass is 150 g/mol. The molecule has 0 aliphatic carbocycles. The first kappa shape index (κ1) is 11.4. The molecule has 0 atom stereocenters. The van der Waals surface area contributed by atoms with Gasteiger partial charge in [0.1, 0.15) is 0 Å². The molecule has 0 aromatic carbocycles. The summed E-state index contributed by atoms with van der Waals surface area (Å²) in [7, 11) is 0. The lowest BCUT2D eigenvalue weighted by molar-refractivity contribution is 0.113. The molecular formula is C4H7F5. The van der Waals surface area contributed by atoms with Gasteiger partial charge < -0.3 is 0 Å². The molecule has 0 nitrogen and oxygen atoms in total. The van der Waals surface area contributed by atoms with Crippen molar-refractivity contribution < 1.29 is 22.0 Å². The summed E-state index contributed by atoms with van der Waals surface area (Å²) >= 11 is 0. The predicted molar refractivity (Wildman–Crippen MR) is 23.7 cm³/mol. The first-order valence-corrected chi connectivity index (χ1v) is 2.13. The molecule has 0 radical (unpaired) electrons. The van der Waals surface area contributed by atoms with Gasteiger partial charge in [-0.25, -0.2) is 22.0 Å². The van der Waals surface area contributed by atoms with E-state index in [0.29, 0.717) is 0 Å². The Hall–Kier alpha value is -0.350. The molecule has 5 heteroatoms. The highest BCUT2D eigenvalue weighted by Crippen LogP contribution is 1.88. The van der Waals surface area contributed by atoms with Crippen LogP contribution in [0.1, 0.15) is 6.92 Å². The van der Waals surface area contributed by atoms with Gasteiger partial charge in [0.25, 0.3) is 6.43 Å². The fourth-order valence-electron chi connectivity index (χ4n) is 0. The number of hydrogen-bond acceptors (Lipinski definition) is 0. The van der Waals surface area contributed by atoms with Gasteiger partial charge in [-0.2, -0.15) is 0 Å². The van der Waals surface area contributed by atoms with Gasteiger partial charge in [-0.3, -0.25) is 0 Å². The van der Waals surface area contributed by atoms with Crippen LogP contribution in [0.5, 0.6) is 0 Å². The van der Waals surface area contributed by atoms with Crippen LogP contribution in [0.2, 0.25) is 0 Å². The van der Waals surface area contributed by atoms with Gasteiger partial charge in [-0.1, -0.05) is 0 Å². The van der Waals surface area contributed by atoms with Crippen molar-refractivity contribution in [3.63, 3.8) is 0 Å². The second-order valence-electron chi connectivity index (χ2n) is 1.06. The third kappa shape index (κ3) is 89.7. The van der Waals surface area contributed by atoms with Crippen molar-refractivity contribution in [2.45, 2.75) is 19.8 Å². The van der Waals surface area contributed by atoms with Gasteiger partial charge in [0.2, 0.25) is 6.43 Å². The highest BCUT2D eigenvalue weighted by Gasteiger charge is 1.95.